The SMILES string of the molecule is CC(NC(=O)COc1ccc(N(Cc2ccc(F)cc2)S(C)(=O)=O)cc1)c1ccc(Br)cc1. The minimum absolute atomic E-state index is 0.0651. The lowest BCUT2D eigenvalue weighted by molar-refractivity contribution is -0.123. The predicted molar refractivity (Wildman–Crippen MR) is 130 cm³/mol. The Bertz CT molecular complexity index is 1180. The molecule has 3 aromatic rings. The smallest absolute Gasteiger partial charge is 0.258 e. The van der Waals surface area contributed by atoms with Gasteiger partial charge in [-0.3, -0.25) is 9.10 Å². The van der Waals surface area contributed by atoms with Gasteiger partial charge in [0.15, 0.2) is 6.61 Å². The Hall–Kier alpha value is -2.91. The average molecular weight is 535 g/mol. The molecule has 0 saturated carbocycles. The van der Waals surface area contributed by atoms with Gasteiger partial charge in [-0.25, -0.2) is 12.8 Å². The lowest BCUT2D eigenvalue weighted by Gasteiger charge is -2.23. The van der Waals surface area contributed by atoms with Gasteiger partial charge in [0.2, 0.25) is 10.0 Å². The summed E-state index contributed by atoms with van der Waals surface area (Å²) in [5.74, 6) is -0.231. The standard InChI is InChI=1S/C24H24BrFN2O4S/c1-17(19-5-7-20(25)8-6-19)27-24(29)16-32-23-13-11-22(12-14-23)28(33(2,30)31)15-18-3-9-21(26)10-4-18/h3-14,17H,15-16H2,1-2H3,(H,27,29). The Kier molecular flexibility index (Phi) is 8.10. The van der Waals surface area contributed by atoms with E-state index in [4.69, 9.17) is 4.74 Å². The van der Waals surface area contributed by atoms with Crippen molar-refractivity contribution in [2.24, 2.45) is 0 Å². The molecule has 0 fully saturated rings. The molecule has 1 amide bonds. The van der Waals surface area contributed by atoms with Crippen molar-refractivity contribution in [1.82, 2.24) is 5.32 Å². The lowest BCUT2D eigenvalue weighted by Crippen LogP contribution is -2.31. The number of carbonyl (C=O) groups excluding carboxylic acids is 1. The maximum absolute atomic E-state index is 13.1. The van der Waals surface area contributed by atoms with Crippen molar-refractivity contribution >= 4 is 37.5 Å². The summed E-state index contributed by atoms with van der Waals surface area (Å²) in [5.41, 5.74) is 2.05. The fraction of sp³-hybridized carbons (Fsp3) is 0.208. The summed E-state index contributed by atoms with van der Waals surface area (Å²) >= 11 is 3.38. The summed E-state index contributed by atoms with van der Waals surface area (Å²) in [7, 11) is -3.58. The molecular formula is C24H24BrFN2O4S. The highest BCUT2D eigenvalue weighted by atomic mass is 79.9. The second-order valence-corrected chi connectivity index (χ2v) is 10.3. The molecule has 0 spiro atoms. The third-order valence-corrected chi connectivity index (χ3v) is 6.55. The molecule has 1 atom stereocenters. The van der Waals surface area contributed by atoms with Crippen LogP contribution in [-0.2, 0) is 21.4 Å². The molecule has 0 heterocycles. The first-order chi connectivity index (χ1) is 15.6. The van der Waals surface area contributed by atoms with E-state index in [1.54, 1.807) is 36.4 Å². The molecule has 9 heteroatoms. The molecular weight excluding hydrogens is 511 g/mol. The Morgan fingerprint density at radius 2 is 1.64 bits per heavy atom. The Balaban J connectivity index is 1.60. The second-order valence-electron chi connectivity index (χ2n) is 7.52. The minimum Gasteiger partial charge on any atom is -0.484 e. The van der Waals surface area contributed by atoms with Crippen LogP contribution in [0.5, 0.6) is 5.75 Å². The molecule has 0 aromatic heterocycles. The number of hydrogen-bond acceptors (Lipinski definition) is 4. The zero-order valence-corrected chi connectivity index (χ0v) is 20.6. The van der Waals surface area contributed by atoms with Gasteiger partial charge in [0.25, 0.3) is 5.91 Å². The van der Waals surface area contributed by atoms with E-state index in [0.29, 0.717) is 17.0 Å². The molecule has 6 nitrogen and oxygen atoms in total. The molecule has 1 unspecified atom stereocenters. The van der Waals surface area contributed by atoms with Crippen LogP contribution in [0.1, 0.15) is 24.1 Å². The number of hydrogen-bond donors (Lipinski definition) is 1. The van der Waals surface area contributed by atoms with E-state index >= 15 is 0 Å². The molecule has 0 aliphatic rings. The number of nitrogens with one attached hydrogen (secondary N) is 1. The zero-order valence-electron chi connectivity index (χ0n) is 18.2. The van der Waals surface area contributed by atoms with E-state index in [1.807, 2.05) is 31.2 Å². The number of carbonyl (C=O) groups is 1. The summed E-state index contributed by atoms with van der Waals surface area (Å²) in [6.07, 6.45) is 1.11. The lowest BCUT2D eigenvalue weighted by atomic mass is 10.1. The number of sulfonamides is 1. The molecule has 3 aromatic carbocycles. The van der Waals surface area contributed by atoms with Crippen LogP contribution in [0.4, 0.5) is 10.1 Å². The summed E-state index contributed by atoms with van der Waals surface area (Å²) in [4.78, 5) is 12.2. The largest absolute Gasteiger partial charge is 0.484 e. The van der Waals surface area contributed by atoms with E-state index in [0.717, 1.165) is 16.3 Å². The van der Waals surface area contributed by atoms with Crippen molar-refractivity contribution < 1.29 is 22.3 Å². The zero-order chi connectivity index (χ0) is 24.0. The van der Waals surface area contributed by atoms with Crippen LogP contribution in [0, 0.1) is 5.82 Å². The molecule has 33 heavy (non-hydrogen) atoms. The number of benzene rings is 3. The van der Waals surface area contributed by atoms with Gasteiger partial charge in [-0.1, -0.05) is 40.2 Å². The number of halogens is 2. The van der Waals surface area contributed by atoms with Crippen LogP contribution in [0.3, 0.4) is 0 Å². The highest BCUT2D eigenvalue weighted by Gasteiger charge is 2.18. The van der Waals surface area contributed by atoms with Gasteiger partial charge in [-0.15, -0.1) is 0 Å². The summed E-state index contributed by atoms with van der Waals surface area (Å²) in [6, 6.07) is 19.5. The van der Waals surface area contributed by atoms with Gasteiger partial charge in [0.05, 0.1) is 24.5 Å². The highest BCUT2D eigenvalue weighted by molar-refractivity contribution is 9.10. The minimum atomic E-state index is -3.58. The van der Waals surface area contributed by atoms with E-state index in [2.05, 4.69) is 21.2 Å². The summed E-state index contributed by atoms with van der Waals surface area (Å²) < 4.78 is 45.5. The van der Waals surface area contributed by atoms with Crippen LogP contribution >= 0.6 is 15.9 Å². The molecule has 0 aliphatic carbocycles. The summed E-state index contributed by atoms with van der Waals surface area (Å²) in [6.45, 7) is 1.78. The molecule has 0 aliphatic heterocycles. The van der Waals surface area contributed by atoms with E-state index in [1.165, 1.54) is 16.4 Å². The molecule has 0 radical (unpaired) electrons. The third kappa shape index (κ3) is 7.30. The monoisotopic (exact) mass is 534 g/mol. The normalized spacial score (nSPS) is 12.1. The van der Waals surface area contributed by atoms with Crippen molar-refractivity contribution in [3.05, 3.63) is 94.2 Å². The Morgan fingerprint density at radius 1 is 1.03 bits per heavy atom. The van der Waals surface area contributed by atoms with Gasteiger partial charge >= 0.3 is 0 Å². The van der Waals surface area contributed by atoms with Gasteiger partial charge in [-0.05, 0) is 66.6 Å². The quantitative estimate of drug-likeness (QED) is 0.427. The second kappa shape index (κ2) is 10.8. The first kappa shape index (κ1) is 24.7. The molecule has 3 rings (SSSR count). The van der Waals surface area contributed by atoms with E-state index in [-0.39, 0.29) is 30.9 Å². The van der Waals surface area contributed by atoms with E-state index in [9.17, 15) is 17.6 Å². The van der Waals surface area contributed by atoms with Crippen molar-refractivity contribution in [1.29, 1.82) is 0 Å². The first-order valence-electron chi connectivity index (χ1n) is 10.1. The molecule has 0 saturated heterocycles. The van der Waals surface area contributed by atoms with Gasteiger partial charge in [0, 0.05) is 4.47 Å². The van der Waals surface area contributed by atoms with Crippen molar-refractivity contribution in [3.8, 4) is 5.75 Å². The maximum atomic E-state index is 13.1. The average Bonchev–Trinajstić information content (AvgIpc) is 2.77. The Labute approximate surface area is 201 Å². The van der Waals surface area contributed by atoms with Gasteiger partial charge in [-0.2, -0.15) is 0 Å². The van der Waals surface area contributed by atoms with Crippen LogP contribution < -0.4 is 14.4 Å². The maximum Gasteiger partial charge on any atom is 0.258 e. The fourth-order valence-electron chi connectivity index (χ4n) is 3.13. The topological polar surface area (TPSA) is 75.7 Å². The van der Waals surface area contributed by atoms with Crippen molar-refractivity contribution in [3.63, 3.8) is 0 Å². The predicted octanol–water partition coefficient (Wildman–Crippen LogP) is 4.81. The van der Waals surface area contributed by atoms with Crippen LogP contribution in [0.15, 0.2) is 77.3 Å². The van der Waals surface area contributed by atoms with Crippen LogP contribution in [0.2, 0.25) is 0 Å². The number of amides is 1. The van der Waals surface area contributed by atoms with Crippen molar-refractivity contribution in [2.45, 2.75) is 19.5 Å². The number of rotatable bonds is 9. The van der Waals surface area contributed by atoms with Crippen LogP contribution in [0.25, 0.3) is 0 Å². The number of anilines is 1. The molecule has 174 valence electrons. The van der Waals surface area contributed by atoms with Gasteiger partial charge < -0.3 is 10.1 Å². The van der Waals surface area contributed by atoms with E-state index < -0.39 is 10.0 Å². The number of nitrogens with zero attached hydrogens (tertiary/aromatic N) is 1. The fourth-order valence-corrected chi connectivity index (χ4v) is 4.28. The van der Waals surface area contributed by atoms with Crippen molar-refractivity contribution in [2.75, 3.05) is 17.2 Å². The van der Waals surface area contributed by atoms with Crippen LogP contribution in [-0.4, -0.2) is 27.2 Å². The molecule has 1 N–H and O–H groups in total. The summed E-state index contributed by atoms with van der Waals surface area (Å²) in [5, 5.41) is 2.87. The highest BCUT2D eigenvalue weighted by Crippen LogP contribution is 2.24. The third-order valence-electron chi connectivity index (χ3n) is 4.88. The van der Waals surface area contributed by atoms with Gasteiger partial charge in [0.1, 0.15) is 11.6 Å². The number of ether oxygens (including phenoxy) is 1. The molecule has 0 bridgehead atoms. The Morgan fingerprint density at radius 3 is 2.21 bits per heavy atom. The first-order valence-corrected chi connectivity index (χ1v) is 12.8.